The van der Waals surface area contributed by atoms with E-state index in [4.69, 9.17) is 0 Å². The Bertz CT molecular complexity index is 100.0. The summed E-state index contributed by atoms with van der Waals surface area (Å²) in [6.45, 7) is 0. The molecule has 0 rings (SSSR count). The quantitative estimate of drug-likeness (QED) is 0.374. The third-order valence-corrected chi connectivity index (χ3v) is 0.257. The number of hydrogen-bond donors (Lipinski definition) is 0. The standard InChI is InChI=1S/C2F6O3/c3-1(4,5)9-11-10-2(6,7)8. The molecule has 0 saturated heterocycles. The van der Waals surface area contributed by atoms with E-state index < -0.39 is 12.7 Å². The Hall–Kier alpha value is -0.540. The Morgan fingerprint density at radius 1 is 0.636 bits per heavy atom. The highest BCUT2D eigenvalue weighted by Crippen LogP contribution is 2.21. The van der Waals surface area contributed by atoms with Gasteiger partial charge in [-0.05, 0) is 0 Å². The predicted molar refractivity (Wildman–Crippen MR) is 15.4 cm³/mol. The molecule has 11 heavy (non-hydrogen) atoms. The van der Waals surface area contributed by atoms with Crippen molar-refractivity contribution in [1.29, 1.82) is 0 Å². The average Bonchev–Trinajstić information content (AvgIpc) is 1.55. The van der Waals surface area contributed by atoms with E-state index in [1.165, 1.54) is 0 Å². The molecular formula is C2F6O3. The van der Waals surface area contributed by atoms with Crippen molar-refractivity contribution in [3.8, 4) is 0 Å². The largest absolute Gasteiger partial charge is 0.551 e. The summed E-state index contributed by atoms with van der Waals surface area (Å²) in [5.41, 5.74) is 0. The second kappa shape index (κ2) is 3.24. The fourth-order valence-electron chi connectivity index (χ4n) is 0.0942. The monoisotopic (exact) mass is 186 g/mol. The van der Waals surface area contributed by atoms with E-state index in [-0.39, 0.29) is 0 Å². The number of halogens is 6. The second-order valence-corrected chi connectivity index (χ2v) is 1.13. The summed E-state index contributed by atoms with van der Waals surface area (Å²) in [4.78, 5) is 4.33. The normalized spacial score (nSPS) is 13.6. The summed E-state index contributed by atoms with van der Waals surface area (Å²) in [7, 11) is 0. The summed E-state index contributed by atoms with van der Waals surface area (Å²) >= 11 is 0. The molecule has 3 nitrogen and oxygen atoms in total. The van der Waals surface area contributed by atoms with Crippen molar-refractivity contribution in [2.75, 3.05) is 0 Å². The van der Waals surface area contributed by atoms with E-state index >= 15 is 0 Å². The molecule has 0 bridgehead atoms. The summed E-state index contributed by atoms with van der Waals surface area (Å²) in [6.07, 6.45) is -10.7. The zero-order valence-electron chi connectivity index (χ0n) is 4.49. The summed E-state index contributed by atoms with van der Waals surface area (Å²) in [6, 6.07) is 0. The Balaban J connectivity index is 3.44. The van der Waals surface area contributed by atoms with Gasteiger partial charge >= 0.3 is 12.7 Å². The van der Waals surface area contributed by atoms with Crippen LogP contribution in [0.4, 0.5) is 26.3 Å². The minimum Gasteiger partial charge on any atom is -0.142 e. The molecule has 0 aromatic carbocycles. The molecule has 9 heteroatoms. The van der Waals surface area contributed by atoms with Crippen LogP contribution in [-0.4, -0.2) is 12.7 Å². The highest BCUT2D eigenvalue weighted by Gasteiger charge is 2.37. The number of hydrogen-bond acceptors (Lipinski definition) is 3. The first-order valence-electron chi connectivity index (χ1n) is 1.88. The van der Waals surface area contributed by atoms with Crippen molar-refractivity contribution in [3.05, 3.63) is 0 Å². The lowest BCUT2D eigenvalue weighted by molar-refractivity contribution is -0.655. The topological polar surface area (TPSA) is 27.7 Å². The van der Waals surface area contributed by atoms with Crippen molar-refractivity contribution in [2.45, 2.75) is 12.7 Å². The van der Waals surface area contributed by atoms with Crippen LogP contribution in [0.15, 0.2) is 0 Å². The van der Waals surface area contributed by atoms with Crippen molar-refractivity contribution in [2.24, 2.45) is 0 Å². The third-order valence-electron chi connectivity index (χ3n) is 0.257. The molecule has 0 aliphatic rings. The summed E-state index contributed by atoms with van der Waals surface area (Å²) < 4.78 is 65.0. The van der Waals surface area contributed by atoms with E-state index in [2.05, 4.69) is 14.8 Å². The van der Waals surface area contributed by atoms with Crippen LogP contribution in [0.1, 0.15) is 0 Å². The van der Waals surface area contributed by atoms with Gasteiger partial charge in [-0.3, -0.25) is 0 Å². The minimum atomic E-state index is -5.33. The van der Waals surface area contributed by atoms with Gasteiger partial charge in [0.2, 0.25) is 0 Å². The minimum absolute atomic E-state index is 2.16. The van der Waals surface area contributed by atoms with Crippen LogP contribution in [-0.2, 0) is 14.8 Å². The smallest absolute Gasteiger partial charge is 0.142 e. The van der Waals surface area contributed by atoms with Gasteiger partial charge in [0, 0.05) is 0 Å². The molecule has 0 fully saturated rings. The van der Waals surface area contributed by atoms with Gasteiger partial charge in [0.05, 0.1) is 0 Å². The maximum Gasteiger partial charge on any atom is 0.551 e. The van der Waals surface area contributed by atoms with Crippen LogP contribution >= 0.6 is 0 Å². The van der Waals surface area contributed by atoms with Crippen molar-refractivity contribution >= 4 is 0 Å². The van der Waals surface area contributed by atoms with Gasteiger partial charge < -0.3 is 0 Å². The average molecular weight is 186 g/mol. The first kappa shape index (κ1) is 10.5. The van der Waals surface area contributed by atoms with Crippen LogP contribution in [0.25, 0.3) is 0 Å². The molecule has 0 unspecified atom stereocenters. The molecule has 0 spiro atoms. The molecule has 0 radical (unpaired) electrons. The maximum absolute atomic E-state index is 10.8. The molecular weight excluding hydrogens is 186 g/mol. The highest BCUT2D eigenvalue weighted by molar-refractivity contribution is 4.14. The Kier molecular flexibility index (Phi) is 3.08. The Labute approximate surface area is 55.3 Å². The van der Waals surface area contributed by atoms with Crippen molar-refractivity contribution in [1.82, 2.24) is 0 Å². The zero-order chi connectivity index (χ0) is 9.12. The van der Waals surface area contributed by atoms with Crippen molar-refractivity contribution < 1.29 is 41.2 Å². The lowest BCUT2D eigenvalue weighted by atomic mass is 11.4. The fourth-order valence-corrected chi connectivity index (χ4v) is 0.0942. The van der Waals surface area contributed by atoms with E-state index in [0.717, 1.165) is 0 Å². The summed E-state index contributed by atoms with van der Waals surface area (Å²) in [5.74, 6) is 0. The van der Waals surface area contributed by atoms with Gasteiger partial charge in [0.15, 0.2) is 0 Å². The van der Waals surface area contributed by atoms with Crippen LogP contribution in [0, 0.1) is 0 Å². The van der Waals surface area contributed by atoms with E-state index in [9.17, 15) is 26.3 Å². The molecule has 0 aliphatic heterocycles. The SMILES string of the molecule is FC(F)(F)OOOC(F)(F)F. The first-order valence-corrected chi connectivity index (χ1v) is 1.88. The summed E-state index contributed by atoms with van der Waals surface area (Å²) in [5, 5.41) is 2.31. The molecule has 0 heterocycles. The number of alkyl halides is 6. The molecule has 0 aliphatic carbocycles. The van der Waals surface area contributed by atoms with Crippen molar-refractivity contribution in [3.63, 3.8) is 0 Å². The predicted octanol–water partition coefficient (Wildman–Crippen LogP) is 1.91. The van der Waals surface area contributed by atoms with Crippen LogP contribution < -0.4 is 0 Å². The molecule has 0 saturated carbocycles. The van der Waals surface area contributed by atoms with Gasteiger partial charge in [-0.15, -0.1) is 26.3 Å². The second-order valence-electron chi connectivity index (χ2n) is 1.13. The first-order chi connectivity index (χ1) is 4.71. The molecule has 0 N–H and O–H groups in total. The Morgan fingerprint density at radius 3 is 1.09 bits per heavy atom. The molecule has 0 aromatic heterocycles. The van der Waals surface area contributed by atoms with Crippen LogP contribution in [0.5, 0.6) is 0 Å². The number of rotatable bonds is 2. The lowest BCUT2D eigenvalue weighted by Crippen LogP contribution is -2.19. The van der Waals surface area contributed by atoms with Gasteiger partial charge in [0.25, 0.3) is 0 Å². The van der Waals surface area contributed by atoms with Crippen LogP contribution in [0.2, 0.25) is 0 Å². The molecule has 0 atom stereocenters. The zero-order valence-corrected chi connectivity index (χ0v) is 4.49. The maximum atomic E-state index is 10.8. The van der Waals surface area contributed by atoms with Gasteiger partial charge in [-0.1, -0.05) is 14.8 Å². The fraction of sp³-hybridized carbons (Fsp3) is 1.00. The van der Waals surface area contributed by atoms with E-state index in [0.29, 0.717) is 0 Å². The van der Waals surface area contributed by atoms with E-state index in [1.54, 1.807) is 0 Å². The van der Waals surface area contributed by atoms with Crippen LogP contribution in [0.3, 0.4) is 0 Å². The lowest BCUT2D eigenvalue weighted by Gasteiger charge is -2.06. The molecule has 0 aromatic rings. The molecule has 0 amide bonds. The van der Waals surface area contributed by atoms with Gasteiger partial charge in [-0.2, -0.15) is 0 Å². The highest BCUT2D eigenvalue weighted by atomic mass is 19.4. The third kappa shape index (κ3) is 9.46. The van der Waals surface area contributed by atoms with Gasteiger partial charge in [-0.25, -0.2) is 0 Å². The molecule has 68 valence electrons. The van der Waals surface area contributed by atoms with Gasteiger partial charge in [0.1, 0.15) is 0 Å². The Morgan fingerprint density at radius 2 is 0.909 bits per heavy atom. The van der Waals surface area contributed by atoms with E-state index in [1.807, 2.05) is 0 Å².